The largest absolute Gasteiger partial charge is 0.308 e. The molecule has 0 fully saturated rings. The molecule has 0 spiro atoms. The van der Waals surface area contributed by atoms with Crippen LogP contribution in [0.3, 0.4) is 0 Å². The number of hydrogen-bond donors (Lipinski definition) is 1. The van der Waals surface area contributed by atoms with E-state index in [0.717, 1.165) is 13.1 Å². The van der Waals surface area contributed by atoms with Crippen LogP contribution in [0.4, 0.5) is 0 Å². The SMILES string of the molecule is CN(C)C[C@H]1NC[C@@H](c2ccccc2)c2ccccc21. The van der Waals surface area contributed by atoms with Gasteiger partial charge in [-0.15, -0.1) is 0 Å². The lowest BCUT2D eigenvalue weighted by molar-refractivity contribution is 0.329. The van der Waals surface area contributed by atoms with E-state index in [1.165, 1.54) is 16.7 Å². The minimum absolute atomic E-state index is 0.432. The van der Waals surface area contributed by atoms with Gasteiger partial charge in [0.1, 0.15) is 0 Å². The van der Waals surface area contributed by atoms with Crippen molar-refractivity contribution < 1.29 is 0 Å². The lowest BCUT2D eigenvalue weighted by Gasteiger charge is -2.34. The number of likely N-dealkylation sites (N-methyl/N-ethyl adjacent to an activating group) is 1. The summed E-state index contributed by atoms with van der Waals surface area (Å²) in [6, 6.07) is 20.1. The first-order chi connectivity index (χ1) is 9.75. The fraction of sp³-hybridized carbons (Fsp3) is 0.333. The number of hydrogen-bond acceptors (Lipinski definition) is 2. The van der Waals surface area contributed by atoms with Gasteiger partial charge in [0.05, 0.1) is 0 Å². The molecule has 2 nitrogen and oxygen atoms in total. The molecule has 0 amide bonds. The van der Waals surface area contributed by atoms with E-state index in [4.69, 9.17) is 0 Å². The Labute approximate surface area is 121 Å². The van der Waals surface area contributed by atoms with E-state index >= 15 is 0 Å². The zero-order valence-corrected chi connectivity index (χ0v) is 12.2. The number of benzene rings is 2. The molecule has 3 rings (SSSR count). The third-order valence-electron chi connectivity index (χ3n) is 4.06. The molecule has 0 radical (unpaired) electrons. The van der Waals surface area contributed by atoms with Crippen molar-refractivity contribution in [2.24, 2.45) is 0 Å². The summed E-state index contributed by atoms with van der Waals surface area (Å²) in [7, 11) is 4.27. The lowest BCUT2D eigenvalue weighted by Crippen LogP contribution is -2.38. The molecule has 0 aliphatic carbocycles. The van der Waals surface area contributed by atoms with E-state index in [1.54, 1.807) is 0 Å². The Kier molecular flexibility index (Phi) is 3.86. The van der Waals surface area contributed by atoms with Gasteiger partial charge in [-0.3, -0.25) is 0 Å². The number of nitrogens with one attached hydrogen (secondary N) is 1. The van der Waals surface area contributed by atoms with E-state index < -0.39 is 0 Å². The van der Waals surface area contributed by atoms with Crippen molar-refractivity contribution in [2.75, 3.05) is 27.2 Å². The second-order valence-corrected chi connectivity index (χ2v) is 5.82. The van der Waals surface area contributed by atoms with Gasteiger partial charge in [0.15, 0.2) is 0 Å². The molecule has 1 aliphatic rings. The Balaban J connectivity index is 1.97. The average Bonchev–Trinajstić information content (AvgIpc) is 2.48. The van der Waals surface area contributed by atoms with Crippen LogP contribution in [0.2, 0.25) is 0 Å². The van der Waals surface area contributed by atoms with E-state index in [-0.39, 0.29) is 0 Å². The fourth-order valence-corrected chi connectivity index (χ4v) is 3.14. The second-order valence-electron chi connectivity index (χ2n) is 5.82. The van der Waals surface area contributed by atoms with Crippen LogP contribution in [0, 0.1) is 0 Å². The van der Waals surface area contributed by atoms with E-state index in [0.29, 0.717) is 12.0 Å². The highest BCUT2D eigenvalue weighted by atomic mass is 15.1. The Hall–Kier alpha value is -1.64. The maximum Gasteiger partial charge on any atom is 0.0452 e. The highest BCUT2D eigenvalue weighted by molar-refractivity contribution is 5.42. The summed E-state index contributed by atoms with van der Waals surface area (Å²) >= 11 is 0. The van der Waals surface area contributed by atoms with E-state index in [2.05, 4.69) is 78.9 Å². The highest BCUT2D eigenvalue weighted by Gasteiger charge is 2.27. The van der Waals surface area contributed by atoms with Gasteiger partial charge in [-0.25, -0.2) is 0 Å². The summed E-state index contributed by atoms with van der Waals surface area (Å²) in [5.74, 6) is 0.464. The molecule has 1 aliphatic heterocycles. The maximum absolute atomic E-state index is 3.71. The first-order valence-electron chi connectivity index (χ1n) is 7.27. The van der Waals surface area contributed by atoms with Crippen molar-refractivity contribution in [3.63, 3.8) is 0 Å². The van der Waals surface area contributed by atoms with Crippen molar-refractivity contribution >= 4 is 0 Å². The van der Waals surface area contributed by atoms with Crippen LogP contribution in [0.1, 0.15) is 28.7 Å². The highest BCUT2D eigenvalue weighted by Crippen LogP contribution is 2.34. The monoisotopic (exact) mass is 266 g/mol. The fourth-order valence-electron chi connectivity index (χ4n) is 3.14. The van der Waals surface area contributed by atoms with Gasteiger partial charge in [-0.2, -0.15) is 0 Å². The molecular weight excluding hydrogens is 244 g/mol. The van der Waals surface area contributed by atoms with Gasteiger partial charge in [-0.1, -0.05) is 54.6 Å². The third kappa shape index (κ3) is 2.62. The van der Waals surface area contributed by atoms with Gasteiger partial charge >= 0.3 is 0 Å². The Morgan fingerprint density at radius 1 is 0.950 bits per heavy atom. The molecule has 2 aromatic carbocycles. The summed E-state index contributed by atoms with van der Waals surface area (Å²) < 4.78 is 0. The number of nitrogens with zero attached hydrogens (tertiary/aromatic N) is 1. The zero-order valence-electron chi connectivity index (χ0n) is 12.2. The Bertz CT molecular complexity index is 563. The van der Waals surface area contributed by atoms with E-state index in [1.807, 2.05) is 0 Å². The minimum atomic E-state index is 0.432. The van der Waals surface area contributed by atoms with Gasteiger partial charge < -0.3 is 10.2 Å². The smallest absolute Gasteiger partial charge is 0.0452 e. The van der Waals surface area contributed by atoms with Gasteiger partial charge in [0, 0.05) is 25.0 Å². The van der Waals surface area contributed by atoms with Crippen molar-refractivity contribution in [1.82, 2.24) is 10.2 Å². The van der Waals surface area contributed by atoms with Crippen molar-refractivity contribution in [3.8, 4) is 0 Å². The molecular formula is C18H22N2. The molecule has 0 saturated carbocycles. The van der Waals surface area contributed by atoms with Crippen LogP contribution < -0.4 is 5.32 Å². The molecule has 20 heavy (non-hydrogen) atoms. The zero-order chi connectivity index (χ0) is 13.9. The van der Waals surface area contributed by atoms with Gasteiger partial charge in [0.2, 0.25) is 0 Å². The molecule has 2 heteroatoms. The topological polar surface area (TPSA) is 15.3 Å². The van der Waals surface area contributed by atoms with Crippen LogP contribution in [-0.2, 0) is 0 Å². The molecule has 2 aromatic rings. The van der Waals surface area contributed by atoms with Crippen LogP contribution >= 0.6 is 0 Å². The lowest BCUT2D eigenvalue weighted by atomic mass is 9.82. The molecule has 0 bridgehead atoms. The predicted molar refractivity (Wildman–Crippen MR) is 84.0 cm³/mol. The molecule has 0 unspecified atom stereocenters. The summed E-state index contributed by atoms with van der Waals surface area (Å²) in [5, 5.41) is 3.71. The van der Waals surface area contributed by atoms with Crippen molar-refractivity contribution in [3.05, 3.63) is 71.3 Å². The summed E-state index contributed by atoms with van der Waals surface area (Å²) in [6.45, 7) is 2.05. The van der Waals surface area contributed by atoms with Crippen molar-refractivity contribution in [2.45, 2.75) is 12.0 Å². The van der Waals surface area contributed by atoms with Crippen molar-refractivity contribution in [1.29, 1.82) is 0 Å². The summed E-state index contributed by atoms with van der Waals surface area (Å²) in [6.07, 6.45) is 0. The van der Waals surface area contributed by atoms with Gasteiger partial charge in [-0.05, 0) is 30.8 Å². The first kappa shape index (κ1) is 13.3. The standard InChI is InChI=1S/C18H22N2/c1-20(2)13-18-16-11-7-6-10-15(16)17(12-19-18)14-8-4-3-5-9-14/h3-11,17-19H,12-13H2,1-2H3/t17-,18+/m0/s1. The summed E-state index contributed by atoms with van der Waals surface area (Å²) in [5.41, 5.74) is 4.32. The van der Waals surface area contributed by atoms with Crippen LogP contribution in [-0.4, -0.2) is 32.1 Å². The third-order valence-corrected chi connectivity index (χ3v) is 4.06. The normalized spacial score (nSPS) is 21.8. The average molecular weight is 266 g/mol. The van der Waals surface area contributed by atoms with Gasteiger partial charge in [0.25, 0.3) is 0 Å². The van der Waals surface area contributed by atoms with E-state index in [9.17, 15) is 0 Å². The Morgan fingerprint density at radius 3 is 2.30 bits per heavy atom. The molecule has 1 heterocycles. The predicted octanol–water partition coefficient (Wildman–Crippen LogP) is 3.02. The molecule has 0 saturated heterocycles. The van der Waals surface area contributed by atoms with Crippen LogP contribution in [0.5, 0.6) is 0 Å². The molecule has 2 atom stereocenters. The molecule has 1 N–H and O–H groups in total. The van der Waals surface area contributed by atoms with Crippen LogP contribution in [0.15, 0.2) is 54.6 Å². The number of fused-ring (bicyclic) bond motifs is 1. The summed E-state index contributed by atoms with van der Waals surface area (Å²) in [4.78, 5) is 2.25. The molecule has 0 aromatic heterocycles. The second kappa shape index (κ2) is 5.78. The maximum atomic E-state index is 3.71. The number of rotatable bonds is 3. The van der Waals surface area contributed by atoms with Crippen LogP contribution in [0.25, 0.3) is 0 Å². The minimum Gasteiger partial charge on any atom is -0.308 e. The Morgan fingerprint density at radius 2 is 1.60 bits per heavy atom. The molecule has 104 valence electrons. The first-order valence-corrected chi connectivity index (χ1v) is 7.27. The quantitative estimate of drug-likeness (QED) is 0.918.